The standard InChI is InChI=1S/2C13H18O.C12H16O.C12H18O.C11H16O.C10H14O.2C8H16O.C7H14O.C7H16O.C6H14O.C5H12O.C3H10Si.CH3F.5CH6Si/c2*1-13(10-6-3-7-11-13)14-12-8-4-2-5-9-12;1-12(9-5-6-10-12)13-11-7-3-2-4-8-11;1-4-10-12(2,3)13-11-8-6-5-7-9-11;1-4-11(2,3)12-10-8-6-5-7-9-10;1-10(2,3)11-9-7-5-4-6-8-9;2*1-8(9-2)6-4-3-5-7-8;1-7(8-2)5-3-4-6-7;1-5-6-7(2,3)8-4;1-5-6(2,3)7-4;1-5(2,3)6-4;1-2-3-4;6*1-2/h2*2,4-5,8-9H,3,6-7,10-11H2,1H3;2-4,7-8H,5-6,9-10H2,1H3;5-9H,4,10H2,1-3H3;5-9H,4H2,1-3H3;4-8H,1-3H3;2*3-7H2,1-2H3;3-6H2,1-2H3;5-6H2,1-4H3;5H2,1-4H3;1-4H3;2-3H2,1,4H3;1H3;5*1-2H3. The molecule has 140 heavy (non-hydrogen) atoms. The van der Waals surface area contributed by atoms with Crippen molar-refractivity contribution in [2.24, 2.45) is 0 Å². The number of ether oxygens (including phenoxy) is 12. The molecule has 0 aromatic heterocycles. The van der Waals surface area contributed by atoms with E-state index in [1.807, 2.05) is 245 Å². The van der Waals surface area contributed by atoms with Crippen molar-refractivity contribution in [1.82, 2.24) is 0 Å². The van der Waals surface area contributed by atoms with Gasteiger partial charge in [0.25, 0.3) is 0 Å². The lowest BCUT2D eigenvalue weighted by molar-refractivity contribution is -0.0234. The molecule has 19 heteroatoms. The molecule has 0 radical (unpaired) electrons. The zero-order valence-corrected chi connectivity index (χ0v) is 112. The summed E-state index contributed by atoms with van der Waals surface area (Å²) in [6.07, 6.45) is 44.2. The molecule has 6 saturated carbocycles. The molecule has 0 amide bonds. The highest BCUT2D eigenvalue weighted by Crippen LogP contribution is 2.38. The molecule has 818 valence electrons. The molecular weight excluding hydrogens is 1830 g/mol. The molecule has 6 fully saturated rings. The zero-order valence-electron chi connectivity index (χ0n) is 100. The first-order chi connectivity index (χ1) is 66.2. The third-order valence-corrected chi connectivity index (χ3v) is 25.8. The third-order valence-electron chi connectivity index (χ3n) is 24.8. The Hall–Kier alpha value is -4.89. The van der Waals surface area contributed by atoms with Crippen LogP contribution in [0, 0.1) is 0 Å². The lowest BCUT2D eigenvalue weighted by atomic mass is 9.86. The van der Waals surface area contributed by atoms with E-state index in [0.29, 0.717) is 7.18 Å². The van der Waals surface area contributed by atoms with Crippen LogP contribution >= 0.6 is 0 Å². The SMILES string of the molecule is CC(C)(C)Oc1ccccc1.CC1(Oc2ccccc2)CCCC1.CC1(Oc2ccccc2)CCCCC1.CC1(Oc2ccccc2)CCCCC1.CCC(C)(C)OC.CCC(C)(C)Oc1ccccc1.CCCC(C)(C)OC.CCCC(C)(C)Oc1ccccc1.CCC[SiH3].CF.COC(C)(C)C.COC1(C)CCCC1.COC1(C)CCCCC1.COC1(C)CCCCC1.C[SiH3].C[SiH3].C[SiH3].C[SiH3].C[SiH3]. The van der Waals surface area contributed by atoms with Crippen LogP contribution < -0.4 is 28.4 Å². The van der Waals surface area contributed by atoms with E-state index in [9.17, 15) is 4.39 Å². The molecular formula is C121H231FO12Si6. The maximum atomic E-state index is 9.50. The van der Waals surface area contributed by atoms with E-state index in [1.165, 1.54) is 260 Å². The van der Waals surface area contributed by atoms with E-state index in [0.717, 1.165) is 66.6 Å². The van der Waals surface area contributed by atoms with Crippen LogP contribution in [0.5, 0.6) is 34.5 Å². The van der Waals surface area contributed by atoms with Gasteiger partial charge in [0.1, 0.15) is 68.1 Å². The van der Waals surface area contributed by atoms with E-state index in [4.69, 9.17) is 56.8 Å². The number of methoxy groups -OCH3 is 6. The van der Waals surface area contributed by atoms with Crippen LogP contribution in [0.4, 0.5) is 4.39 Å². The summed E-state index contributed by atoms with van der Waals surface area (Å²) < 4.78 is 76.0. The van der Waals surface area contributed by atoms with Gasteiger partial charge in [0, 0.05) is 52.9 Å². The van der Waals surface area contributed by atoms with Gasteiger partial charge in [-0.05, 0) is 404 Å². The molecule has 0 unspecified atom stereocenters. The summed E-state index contributed by atoms with van der Waals surface area (Å²) in [7, 11) is 19.1. The van der Waals surface area contributed by atoms with Crippen LogP contribution in [0.2, 0.25) is 38.8 Å². The molecule has 0 aliphatic heterocycles. The Bertz CT molecular complexity index is 3410. The Balaban J connectivity index is -0.000000274. The number of hydrogen-bond acceptors (Lipinski definition) is 12. The molecule has 6 aromatic carbocycles. The summed E-state index contributed by atoms with van der Waals surface area (Å²) in [5.41, 5.74) is 0.963. The summed E-state index contributed by atoms with van der Waals surface area (Å²) in [5.74, 6) is 5.87. The summed E-state index contributed by atoms with van der Waals surface area (Å²) in [6, 6.07) is 61.7. The summed E-state index contributed by atoms with van der Waals surface area (Å²) in [6.45, 7) is 63.8. The number of halogens is 1. The zero-order chi connectivity index (χ0) is 109. The van der Waals surface area contributed by atoms with E-state index in [2.05, 4.69) is 164 Å². The Kier molecular flexibility index (Phi) is 94.5. The van der Waals surface area contributed by atoms with Crippen molar-refractivity contribution in [3.05, 3.63) is 182 Å². The van der Waals surface area contributed by atoms with Gasteiger partial charge in [0.15, 0.2) is 0 Å². The van der Waals surface area contributed by atoms with E-state index in [1.54, 1.807) is 21.3 Å². The maximum absolute atomic E-state index is 9.50. The number of alkyl halides is 1. The fraction of sp³-hybridized carbons (Fsp3) is 0.702. The van der Waals surface area contributed by atoms with Gasteiger partial charge in [-0.1, -0.05) is 266 Å². The normalized spacial score (nSPS) is 16.1. The van der Waals surface area contributed by atoms with E-state index in [-0.39, 0.29) is 67.2 Å². The Morgan fingerprint density at radius 2 is 0.414 bits per heavy atom. The van der Waals surface area contributed by atoms with Crippen LogP contribution in [0.1, 0.15) is 398 Å². The van der Waals surface area contributed by atoms with Crippen molar-refractivity contribution in [2.75, 3.05) is 49.8 Å². The molecule has 12 rings (SSSR count). The average molecular weight is 2070 g/mol. The van der Waals surface area contributed by atoms with Gasteiger partial charge < -0.3 is 56.8 Å². The summed E-state index contributed by atoms with van der Waals surface area (Å²) in [4.78, 5) is 0. The van der Waals surface area contributed by atoms with Crippen molar-refractivity contribution in [2.45, 2.75) is 504 Å². The predicted molar refractivity (Wildman–Crippen MR) is 641 cm³/mol. The molecule has 12 nitrogen and oxygen atoms in total. The van der Waals surface area contributed by atoms with Gasteiger partial charge in [-0.2, -0.15) is 0 Å². The highest BCUT2D eigenvalue weighted by Gasteiger charge is 2.33. The average Bonchev–Trinajstić information content (AvgIpc) is 1.86. The van der Waals surface area contributed by atoms with Gasteiger partial charge >= 0.3 is 0 Å². The van der Waals surface area contributed by atoms with E-state index >= 15 is 0 Å². The number of benzene rings is 6. The Labute approximate surface area is 886 Å². The highest BCUT2D eigenvalue weighted by atomic mass is 28.2. The van der Waals surface area contributed by atoms with Gasteiger partial charge in [-0.15, -0.1) is 0 Å². The molecule has 0 bridgehead atoms. The van der Waals surface area contributed by atoms with Crippen LogP contribution in [0.25, 0.3) is 0 Å². The van der Waals surface area contributed by atoms with Crippen molar-refractivity contribution in [1.29, 1.82) is 0 Å². The van der Waals surface area contributed by atoms with Gasteiger partial charge in [-0.25, -0.2) is 0 Å². The smallest absolute Gasteiger partial charge is 0.120 e. The first-order valence-corrected chi connectivity index (χ1v) is 66.8. The Morgan fingerprint density at radius 3 is 0.564 bits per heavy atom. The number of hydrogen-bond donors (Lipinski definition) is 0. The second-order valence-electron chi connectivity index (χ2n) is 41.5. The second-order valence-corrected chi connectivity index (χ2v) is 42.5. The fourth-order valence-corrected chi connectivity index (χ4v) is 14.7. The first-order valence-electron chi connectivity index (χ1n) is 55.4. The van der Waals surface area contributed by atoms with Crippen molar-refractivity contribution in [3.8, 4) is 34.5 Å². The first kappa shape index (κ1) is 148. The molecule has 6 aliphatic carbocycles. The summed E-state index contributed by atoms with van der Waals surface area (Å²) in [5, 5.41) is 0. The fourth-order valence-electron chi connectivity index (χ4n) is 14.7. The minimum Gasteiger partial charge on any atom is -0.488 e. The van der Waals surface area contributed by atoms with Crippen LogP contribution in [-0.2, 0) is 28.4 Å². The van der Waals surface area contributed by atoms with Crippen molar-refractivity contribution in [3.63, 3.8) is 0 Å². The minimum atomic E-state index is -0.0959. The van der Waals surface area contributed by atoms with Crippen molar-refractivity contribution >= 4 is 61.5 Å². The maximum Gasteiger partial charge on any atom is 0.120 e. The van der Waals surface area contributed by atoms with E-state index < -0.39 is 0 Å². The second kappa shape index (κ2) is 89.3. The van der Waals surface area contributed by atoms with Gasteiger partial charge in [-0.3, -0.25) is 4.39 Å². The van der Waals surface area contributed by atoms with Gasteiger partial charge in [0.2, 0.25) is 0 Å². The van der Waals surface area contributed by atoms with Gasteiger partial charge in [0.05, 0.1) is 40.8 Å². The van der Waals surface area contributed by atoms with Crippen LogP contribution in [0.15, 0.2) is 182 Å². The van der Waals surface area contributed by atoms with Crippen molar-refractivity contribution < 1.29 is 61.2 Å². The minimum absolute atomic E-state index is 0.0417. The van der Waals surface area contributed by atoms with Crippen LogP contribution in [-0.4, -0.2) is 179 Å². The Morgan fingerprint density at radius 1 is 0.236 bits per heavy atom. The molecule has 6 aromatic rings. The number of para-hydroxylation sites is 6. The molecule has 0 saturated heterocycles. The highest BCUT2D eigenvalue weighted by molar-refractivity contribution is 6.08. The topological polar surface area (TPSA) is 111 Å². The monoisotopic (exact) mass is 2060 g/mol. The lowest BCUT2D eigenvalue weighted by Gasteiger charge is -2.34. The molecule has 0 heterocycles. The third kappa shape index (κ3) is 86.3. The molecule has 0 N–H and O–H groups in total. The molecule has 0 spiro atoms. The van der Waals surface area contributed by atoms with Crippen LogP contribution in [0.3, 0.4) is 0 Å². The number of rotatable bonds is 23. The summed E-state index contributed by atoms with van der Waals surface area (Å²) >= 11 is 0. The largest absolute Gasteiger partial charge is 0.488 e. The molecule has 0 atom stereocenters. The predicted octanol–water partition coefficient (Wildman–Crippen LogP) is 30.6. The quantitative estimate of drug-likeness (QED) is 0.0570. The lowest BCUT2D eigenvalue weighted by Crippen LogP contribution is -2.34. The molecule has 6 aliphatic rings.